The highest BCUT2D eigenvalue weighted by molar-refractivity contribution is 5.02. The maximum Gasteiger partial charge on any atom is 0.0942 e. The average Bonchev–Trinajstić information content (AvgIpc) is 2.60. The third kappa shape index (κ3) is 1.20. The third-order valence-corrected chi connectivity index (χ3v) is 3.50. The topological polar surface area (TPSA) is 12.5 Å². The first-order valence-corrected chi connectivity index (χ1v) is 4.68. The van der Waals surface area contributed by atoms with Gasteiger partial charge in [0.15, 0.2) is 0 Å². The molecule has 1 nitrogen and oxygen atoms in total. The highest BCUT2D eigenvalue weighted by Crippen LogP contribution is 2.51. The van der Waals surface area contributed by atoms with Crippen molar-refractivity contribution in [2.24, 2.45) is 11.3 Å². The Hall–Kier alpha value is -0.0400. The van der Waals surface area contributed by atoms with E-state index in [1.807, 2.05) is 0 Å². The van der Waals surface area contributed by atoms with Crippen LogP contribution >= 0.6 is 0 Å². The summed E-state index contributed by atoms with van der Waals surface area (Å²) in [5.74, 6) is 0.784. The average molecular weight is 154 g/mol. The first kappa shape index (κ1) is 7.60. The van der Waals surface area contributed by atoms with Crippen molar-refractivity contribution in [3.63, 3.8) is 0 Å². The number of hydrogen-bond donors (Lipinski definition) is 0. The number of hydrogen-bond acceptors (Lipinski definition) is 1. The predicted molar refractivity (Wildman–Crippen MR) is 45.5 cm³/mol. The van der Waals surface area contributed by atoms with Crippen molar-refractivity contribution < 1.29 is 4.74 Å². The molecule has 1 heteroatoms. The Bertz CT molecular complexity index is 168. The maximum atomic E-state index is 5.54. The summed E-state index contributed by atoms with van der Waals surface area (Å²) in [4.78, 5) is 0. The molecule has 0 aromatic heterocycles. The van der Waals surface area contributed by atoms with E-state index in [4.69, 9.17) is 4.74 Å². The Labute approximate surface area is 69.1 Å². The van der Waals surface area contributed by atoms with E-state index >= 15 is 0 Å². The molecule has 0 amide bonds. The van der Waals surface area contributed by atoms with Gasteiger partial charge in [0.25, 0.3) is 0 Å². The van der Waals surface area contributed by atoms with Gasteiger partial charge in [-0.1, -0.05) is 20.8 Å². The van der Waals surface area contributed by atoms with Crippen LogP contribution in [0.4, 0.5) is 0 Å². The number of rotatable bonds is 0. The van der Waals surface area contributed by atoms with Crippen LogP contribution in [-0.4, -0.2) is 12.2 Å². The standard InChI is InChI=1S/C10H18O/c1-8-6-9(2,3)4-5-10(8)7-11-10/h8H,4-7H2,1-3H3. The molecule has 1 aliphatic heterocycles. The second kappa shape index (κ2) is 2.01. The van der Waals surface area contributed by atoms with Crippen LogP contribution < -0.4 is 0 Å². The maximum absolute atomic E-state index is 5.54. The normalized spacial score (nSPS) is 47.7. The molecular formula is C10H18O. The summed E-state index contributed by atoms with van der Waals surface area (Å²) in [6, 6.07) is 0. The molecule has 2 rings (SSSR count). The zero-order valence-corrected chi connectivity index (χ0v) is 7.81. The molecule has 0 bridgehead atoms. The quantitative estimate of drug-likeness (QED) is 0.489. The molecule has 1 spiro atoms. The summed E-state index contributed by atoms with van der Waals surface area (Å²) < 4.78 is 5.54. The first-order valence-electron chi connectivity index (χ1n) is 4.68. The lowest BCUT2D eigenvalue weighted by Crippen LogP contribution is -2.34. The van der Waals surface area contributed by atoms with Crippen LogP contribution in [0.1, 0.15) is 40.0 Å². The molecular weight excluding hydrogens is 136 g/mol. The van der Waals surface area contributed by atoms with E-state index in [-0.39, 0.29) is 0 Å². The summed E-state index contributed by atoms with van der Waals surface area (Å²) in [7, 11) is 0. The second-order valence-electron chi connectivity index (χ2n) is 5.12. The summed E-state index contributed by atoms with van der Waals surface area (Å²) in [5.41, 5.74) is 0.909. The fourth-order valence-electron chi connectivity index (χ4n) is 2.43. The molecule has 1 saturated heterocycles. The van der Waals surface area contributed by atoms with Gasteiger partial charge >= 0.3 is 0 Å². The van der Waals surface area contributed by atoms with Crippen LogP contribution in [0.3, 0.4) is 0 Å². The second-order valence-corrected chi connectivity index (χ2v) is 5.12. The van der Waals surface area contributed by atoms with Crippen molar-refractivity contribution in [1.29, 1.82) is 0 Å². The van der Waals surface area contributed by atoms with E-state index in [9.17, 15) is 0 Å². The largest absolute Gasteiger partial charge is 0.369 e. The van der Waals surface area contributed by atoms with E-state index in [0.717, 1.165) is 12.5 Å². The highest BCUT2D eigenvalue weighted by Gasteiger charge is 2.53. The SMILES string of the molecule is CC1CC(C)(C)CCC12CO2. The Kier molecular flexibility index (Phi) is 1.39. The molecule has 64 valence electrons. The van der Waals surface area contributed by atoms with Crippen molar-refractivity contribution in [3.8, 4) is 0 Å². The van der Waals surface area contributed by atoms with Crippen molar-refractivity contribution >= 4 is 0 Å². The summed E-state index contributed by atoms with van der Waals surface area (Å²) in [6.07, 6.45) is 3.98. The minimum Gasteiger partial charge on any atom is -0.369 e. The van der Waals surface area contributed by atoms with E-state index in [1.165, 1.54) is 19.3 Å². The Morgan fingerprint density at radius 3 is 2.36 bits per heavy atom. The number of ether oxygens (including phenoxy) is 1. The molecule has 0 N–H and O–H groups in total. The van der Waals surface area contributed by atoms with Gasteiger partial charge in [-0.25, -0.2) is 0 Å². The van der Waals surface area contributed by atoms with Crippen molar-refractivity contribution in [3.05, 3.63) is 0 Å². The molecule has 2 aliphatic rings. The molecule has 2 atom stereocenters. The summed E-state index contributed by atoms with van der Waals surface area (Å²) >= 11 is 0. The smallest absolute Gasteiger partial charge is 0.0942 e. The van der Waals surface area contributed by atoms with Gasteiger partial charge in [-0.05, 0) is 30.6 Å². The zero-order valence-electron chi connectivity index (χ0n) is 7.81. The fraction of sp³-hybridized carbons (Fsp3) is 1.00. The van der Waals surface area contributed by atoms with Gasteiger partial charge in [0, 0.05) is 0 Å². The Balaban J connectivity index is 2.05. The minimum atomic E-state index is 0.343. The van der Waals surface area contributed by atoms with Gasteiger partial charge in [0.05, 0.1) is 12.2 Å². The van der Waals surface area contributed by atoms with Crippen LogP contribution in [0.15, 0.2) is 0 Å². The summed E-state index contributed by atoms with van der Waals surface area (Å²) in [6.45, 7) is 8.12. The Morgan fingerprint density at radius 1 is 1.27 bits per heavy atom. The lowest BCUT2D eigenvalue weighted by atomic mass is 9.68. The molecule has 1 saturated carbocycles. The van der Waals surface area contributed by atoms with E-state index in [2.05, 4.69) is 20.8 Å². The van der Waals surface area contributed by atoms with Crippen LogP contribution in [0.2, 0.25) is 0 Å². The van der Waals surface area contributed by atoms with E-state index in [0.29, 0.717) is 11.0 Å². The lowest BCUT2D eigenvalue weighted by Gasteiger charge is -2.37. The van der Waals surface area contributed by atoms with Crippen molar-refractivity contribution in [2.45, 2.75) is 45.6 Å². The van der Waals surface area contributed by atoms with Gasteiger partial charge in [-0.15, -0.1) is 0 Å². The minimum absolute atomic E-state index is 0.343. The zero-order chi connectivity index (χ0) is 8.11. The molecule has 0 radical (unpaired) electrons. The number of epoxide rings is 1. The Morgan fingerprint density at radius 2 is 1.91 bits per heavy atom. The predicted octanol–water partition coefficient (Wildman–Crippen LogP) is 2.60. The monoisotopic (exact) mass is 154 g/mol. The van der Waals surface area contributed by atoms with E-state index in [1.54, 1.807) is 0 Å². The van der Waals surface area contributed by atoms with Crippen molar-refractivity contribution in [2.75, 3.05) is 6.61 Å². The molecule has 2 fully saturated rings. The van der Waals surface area contributed by atoms with Crippen LogP contribution in [0.5, 0.6) is 0 Å². The molecule has 2 unspecified atom stereocenters. The van der Waals surface area contributed by atoms with Crippen LogP contribution in [-0.2, 0) is 4.74 Å². The first-order chi connectivity index (χ1) is 5.04. The third-order valence-electron chi connectivity index (χ3n) is 3.50. The van der Waals surface area contributed by atoms with Gasteiger partial charge < -0.3 is 4.74 Å². The fourth-order valence-corrected chi connectivity index (χ4v) is 2.43. The van der Waals surface area contributed by atoms with Gasteiger partial charge in [0.2, 0.25) is 0 Å². The molecule has 0 aromatic carbocycles. The molecule has 1 heterocycles. The van der Waals surface area contributed by atoms with Gasteiger partial charge in [-0.3, -0.25) is 0 Å². The van der Waals surface area contributed by atoms with Gasteiger partial charge in [-0.2, -0.15) is 0 Å². The lowest BCUT2D eigenvalue weighted by molar-refractivity contribution is 0.0910. The molecule has 1 aliphatic carbocycles. The van der Waals surface area contributed by atoms with Crippen LogP contribution in [0, 0.1) is 11.3 Å². The van der Waals surface area contributed by atoms with Crippen LogP contribution in [0.25, 0.3) is 0 Å². The highest BCUT2D eigenvalue weighted by atomic mass is 16.6. The van der Waals surface area contributed by atoms with E-state index < -0.39 is 0 Å². The summed E-state index contributed by atoms with van der Waals surface area (Å²) in [5, 5.41) is 0. The van der Waals surface area contributed by atoms with Crippen molar-refractivity contribution in [1.82, 2.24) is 0 Å². The molecule has 0 aromatic rings. The van der Waals surface area contributed by atoms with Gasteiger partial charge in [0.1, 0.15) is 0 Å². The molecule has 11 heavy (non-hydrogen) atoms.